The molecule has 1 aliphatic rings. The summed E-state index contributed by atoms with van der Waals surface area (Å²) in [6.45, 7) is 2.01. The lowest BCUT2D eigenvalue weighted by Crippen LogP contribution is -2.26. The van der Waals surface area contributed by atoms with Gasteiger partial charge in [-0.15, -0.1) is 0 Å². The lowest BCUT2D eigenvalue weighted by atomic mass is 9.99. The van der Waals surface area contributed by atoms with Crippen molar-refractivity contribution in [3.05, 3.63) is 126 Å². The predicted octanol–water partition coefficient (Wildman–Crippen LogP) is 6.37. The van der Waals surface area contributed by atoms with Gasteiger partial charge in [0.1, 0.15) is 5.65 Å². The fourth-order valence-electron chi connectivity index (χ4n) is 5.63. The summed E-state index contributed by atoms with van der Waals surface area (Å²) < 4.78 is 2.04. The number of hydrogen-bond donors (Lipinski definition) is 2. The summed E-state index contributed by atoms with van der Waals surface area (Å²) in [5.41, 5.74) is 9.40. The van der Waals surface area contributed by atoms with Crippen LogP contribution in [0.3, 0.4) is 0 Å². The van der Waals surface area contributed by atoms with Crippen molar-refractivity contribution >= 4 is 28.9 Å². The second-order valence-electron chi connectivity index (χ2n) is 10.9. The molecule has 212 valence electrons. The van der Waals surface area contributed by atoms with Crippen LogP contribution in [0.1, 0.15) is 16.7 Å². The molecule has 1 amide bonds. The van der Waals surface area contributed by atoms with Crippen LogP contribution in [0.4, 0.5) is 17.3 Å². The number of rotatable bonds is 7. The minimum absolute atomic E-state index is 0.0704. The monoisotopic (exact) mass is 565 g/mol. The van der Waals surface area contributed by atoms with Gasteiger partial charge in [-0.1, -0.05) is 54.6 Å². The minimum Gasteiger partial charge on any atom is -0.326 e. The first-order chi connectivity index (χ1) is 21.1. The Bertz CT molecular complexity index is 1930. The summed E-state index contributed by atoms with van der Waals surface area (Å²) in [6.07, 6.45) is 5.13. The molecule has 3 aromatic carbocycles. The Labute approximate surface area is 250 Å². The Morgan fingerprint density at radius 2 is 1.74 bits per heavy atom. The molecule has 0 spiro atoms. The highest BCUT2D eigenvalue weighted by Crippen LogP contribution is 2.33. The van der Waals surface area contributed by atoms with E-state index >= 15 is 0 Å². The number of amides is 1. The number of pyridine rings is 1. The van der Waals surface area contributed by atoms with Crippen LogP contribution in [0.5, 0.6) is 0 Å². The van der Waals surface area contributed by atoms with Crippen LogP contribution in [0.25, 0.3) is 28.3 Å². The first-order valence-corrected chi connectivity index (χ1v) is 14.4. The zero-order chi connectivity index (χ0) is 29.2. The summed E-state index contributed by atoms with van der Waals surface area (Å²) in [5.74, 6) is 0.444. The summed E-state index contributed by atoms with van der Waals surface area (Å²) in [7, 11) is 2.15. The van der Waals surface area contributed by atoms with Crippen LogP contribution >= 0.6 is 0 Å². The first kappa shape index (κ1) is 26.6. The van der Waals surface area contributed by atoms with Crippen LogP contribution in [-0.2, 0) is 24.2 Å². The minimum atomic E-state index is -0.0704. The number of nitrogens with zero attached hydrogens (tertiary/aromatic N) is 5. The number of carbonyl (C=O) groups is 1. The van der Waals surface area contributed by atoms with Gasteiger partial charge in [-0.05, 0) is 72.6 Å². The number of hydrogen-bond acceptors (Lipinski definition) is 6. The van der Waals surface area contributed by atoms with Gasteiger partial charge < -0.3 is 15.5 Å². The van der Waals surface area contributed by atoms with E-state index in [1.165, 1.54) is 11.1 Å². The number of nitrogens with one attached hydrogen (secondary N) is 2. The number of imidazole rings is 1. The largest absolute Gasteiger partial charge is 0.326 e. The highest BCUT2D eigenvalue weighted by Gasteiger charge is 2.19. The molecule has 8 nitrogen and oxygen atoms in total. The van der Waals surface area contributed by atoms with Gasteiger partial charge in [0.25, 0.3) is 0 Å². The molecule has 1 aliphatic heterocycles. The number of likely N-dealkylation sites (N-methyl/N-ethyl adjacent to an activating group) is 1. The number of anilines is 3. The van der Waals surface area contributed by atoms with Crippen LogP contribution in [0.2, 0.25) is 0 Å². The Hall–Kier alpha value is -5.34. The summed E-state index contributed by atoms with van der Waals surface area (Å²) in [4.78, 5) is 29.6. The van der Waals surface area contributed by atoms with E-state index in [9.17, 15) is 4.79 Å². The highest BCUT2D eigenvalue weighted by atomic mass is 16.1. The van der Waals surface area contributed by atoms with Gasteiger partial charge in [-0.2, -0.15) is 0 Å². The maximum Gasteiger partial charge on any atom is 0.228 e. The highest BCUT2D eigenvalue weighted by molar-refractivity contribution is 5.93. The molecule has 0 aliphatic carbocycles. The average Bonchev–Trinajstić information content (AvgIpc) is 3.41. The van der Waals surface area contributed by atoms with Crippen LogP contribution in [0.15, 0.2) is 109 Å². The zero-order valence-electron chi connectivity index (χ0n) is 23.9. The summed E-state index contributed by atoms with van der Waals surface area (Å²) >= 11 is 0. The molecule has 0 saturated carbocycles. The van der Waals surface area contributed by atoms with Crippen molar-refractivity contribution in [1.82, 2.24) is 24.3 Å². The molecule has 0 atom stereocenters. The van der Waals surface area contributed by atoms with Crippen molar-refractivity contribution in [2.24, 2.45) is 0 Å². The van der Waals surface area contributed by atoms with Gasteiger partial charge in [0.2, 0.25) is 11.9 Å². The second-order valence-corrected chi connectivity index (χ2v) is 10.9. The second kappa shape index (κ2) is 11.5. The molecule has 0 unspecified atom stereocenters. The Morgan fingerprint density at radius 3 is 2.65 bits per heavy atom. The molecule has 6 aromatic rings. The molecule has 3 aromatic heterocycles. The van der Waals surface area contributed by atoms with Crippen molar-refractivity contribution in [3.8, 4) is 22.6 Å². The Morgan fingerprint density at radius 1 is 0.860 bits per heavy atom. The van der Waals surface area contributed by atoms with E-state index < -0.39 is 0 Å². The maximum absolute atomic E-state index is 12.8. The number of benzene rings is 3. The maximum atomic E-state index is 12.8. The third-order valence-electron chi connectivity index (χ3n) is 7.72. The number of carbonyl (C=O) groups excluding carboxylic acids is 1. The van der Waals surface area contributed by atoms with Gasteiger partial charge in [0, 0.05) is 42.4 Å². The number of aromatic nitrogens is 4. The number of fused-ring (bicyclic) bond motifs is 2. The van der Waals surface area contributed by atoms with Gasteiger partial charge in [-0.3, -0.25) is 9.20 Å². The first-order valence-electron chi connectivity index (χ1n) is 14.4. The lowest BCUT2D eigenvalue weighted by molar-refractivity contribution is -0.115. The van der Waals surface area contributed by atoms with Gasteiger partial charge in [-0.25, -0.2) is 15.0 Å². The standard InChI is InChI=1S/C35H31N7O/c1-41-19-16-25-13-14-29(22-27(25)23-41)38-35-36-17-15-30(39-35)34-33(40-31-12-5-6-18-42(31)34)26-10-7-11-28(21-26)37-32(43)20-24-8-3-2-4-9-24/h2-15,17-18,21-22H,16,19-20,23H2,1H3,(H,37,43)(H,36,38,39). The summed E-state index contributed by atoms with van der Waals surface area (Å²) in [5, 5.41) is 6.45. The molecular formula is C35H31N7O. The average molecular weight is 566 g/mol. The van der Waals surface area contributed by atoms with E-state index in [4.69, 9.17) is 9.97 Å². The fraction of sp³-hybridized carbons (Fsp3) is 0.143. The van der Waals surface area contributed by atoms with E-state index in [2.05, 4.69) is 45.8 Å². The van der Waals surface area contributed by atoms with Crippen molar-refractivity contribution < 1.29 is 4.79 Å². The van der Waals surface area contributed by atoms with Crippen LogP contribution < -0.4 is 10.6 Å². The Kier molecular flexibility index (Phi) is 7.10. The SMILES string of the molecule is CN1CCc2ccc(Nc3nccc(-c4c(-c5cccc(NC(=O)Cc6ccccc6)c5)nc5ccccn45)n3)cc2C1. The molecule has 43 heavy (non-hydrogen) atoms. The molecule has 0 bridgehead atoms. The van der Waals surface area contributed by atoms with Crippen molar-refractivity contribution in [3.63, 3.8) is 0 Å². The molecule has 0 fully saturated rings. The molecular weight excluding hydrogens is 534 g/mol. The molecule has 0 saturated heterocycles. The van der Waals surface area contributed by atoms with Gasteiger partial charge in [0.05, 0.1) is 23.5 Å². The normalized spacial score (nSPS) is 13.0. The zero-order valence-corrected chi connectivity index (χ0v) is 23.9. The third-order valence-corrected chi connectivity index (χ3v) is 7.72. The Balaban J connectivity index is 1.20. The van der Waals surface area contributed by atoms with E-state index in [0.29, 0.717) is 18.1 Å². The smallest absolute Gasteiger partial charge is 0.228 e. The van der Waals surface area contributed by atoms with Crippen molar-refractivity contribution in [2.75, 3.05) is 24.2 Å². The molecule has 8 heteroatoms. The quantitative estimate of drug-likeness (QED) is 0.234. The van der Waals surface area contributed by atoms with Crippen molar-refractivity contribution in [1.29, 1.82) is 0 Å². The topological polar surface area (TPSA) is 87.5 Å². The van der Waals surface area contributed by atoms with Gasteiger partial charge >= 0.3 is 0 Å². The molecule has 4 heterocycles. The van der Waals surface area contributed by atoms with Crippen LogP contribution in [0, 0.1) is 0 Å². The van der Waals surface area contributed by atoms with E-state index in [0.717, 1.165) is 59.1 Å². The van der Waals surface area contributed by atoms with E-state index in [1.54, 1.807) is 6.20 Å². The molecule has 7 rings (SSSR count). The molecule has 2 N–H and O–H groups in total. The van der Waals surface area contributed by atoms with Crippen molar-refractivity contribution in [2.45, 2.75) is 19.4 Å². The van der Waals surface area contributed by atoms with E-state index in [-0.39, 0.29) is 5.91 Å². The van der Waals surface area contributed by atoms with Gasteiger partial charge in [0.15, 0.2) is 0 Å². The van der Waals surface area contributed by atoms with E-state index in [1.807, 2.05) is 89.5 Å². The lowest BCUT2D eigenvalue weighted by Gasteiger charge is -2.25. The predicted molar refractivity (Wildman–Crippen MR) is 170 cm³/mol. The third kappa shape index (κ3) is 5.73. The molecule has 0 radical (unpaired) electrons. The summed E-state index contributed by atoms with van der Waals surface area (Å²) in [6, 6.07) is 31.8. The van der Waals surface area contributed by atoms with Crippen LogP contribution in [-0.4, -0.2) is 43.8 Å². The fourth-order valence-corrected chi connectivity index (χ4v) is 5.63.